The van der Waals surface area contributed by atoms with E-state index in [2.05, 4.69) is 22.2 Å². The molecule has 0 bridgehead atoms. The summed E-state index contributed by atoms with van der Waals surface area (Å²) in [4.78, 5) is 5.31. The molecule has 0 spiro atoms. The molecule has 0 unspecified atom stereocenters. The molecular formula is C12H12N4S. The van der Waals surface area contributed by atoms with E-state index in [9.17, 15) is 0 Å². The summed E-state index contributed by atoms with van der Waals surface area (Å²) in [6.45, 7) is 0. The number of hydrogen-bond acceptors (Lipinski definition) is 4. The third kappa shape index (κ3) is 2.01. The molecule has 0 saturated heterocycles. The Kier molecular flexibility index (Phi) is 2.53. The fourth-order valence-corrected chi connectivity index (χ4v) is 2.48. The highest BCUT2D eigenvalue weighted by atomic mass is 32.1. The average Bonchev–Trinajstić information content (AvgIpc) is 2.91. The van der Waals surface area contributed by atoms with Gasteiger partial charge in [0.1, 0.15) is 5.82 Å². The summed E-state index contributed by atoms with van der Waals surface area (Å²) in [5.74, 6) is 1.51. The van der Waals surface area contributed by atoms with Gasteiger partial charge in [-0.2, -0.15) is 4.52 Å². The fourth-order valence-electron chi connectivity index (χ4n) is 1.75. The van der Waals surface area contributed by atoms with E-state index in [1.54, 1.807) is 4.52 Å². The minimum absolute atomic E-state index is 0.656. The minimum atomic E-state index is 0.656. The van der Waals surface area contributed by atoms with Crippen molar-refractivity contribution in [3.63, 3.8) is 0 Å². The van der Waals surface area contributed by atoms with Gasteiger partial charge in [-0.1, -0.05) is 30.3 Å². The molecule has 1 aromatic carbocycles. The first kappa shape index (κ1) is 10.3. The lowest BCUT2D eigenvalue weighted by Crippen LogP contribution is -1.96. The summed E-state index contributed by atoms with van der Waals surface area (Å²) in [5.41, 5.74) is 7.07. The predicted octanol–water partition coefficient (Wildman–Crippen LogP) is 2.16. The van der Waals surface area contributed by atoms with Crippen molar-refractivity contribution in [2.75, 3.05) is 5.73 Å². The zero-order valence-corrected chi connectivity index (χ0v) is 10.0. The molecule has 5 heteroatoms. The van der Waals surface area contributed by atoms with Crippen LogP contribution in [0.2, 0.25) is 0 Å². The summed E-state index contributed by atoms with van der Waals surface area (Å²) in [6, 6.07) is 10.4. The first-order chi connectivity index (χ1) is 8.33. The number of fused-ring (bicyclic) bond motifs is 1. The molecule has 2 aromatic heterocycles. The normalized spacial score (nSPS) is 11.1. The van der Waals surface area contributed by atoms with E-state index >= 15 is 0 Å². The van der Waals surface area contributed by atoms with Crippen molar-refractivity contribution < 1.29 is 0 Å². The Labute approximate surface area is 103 Å². The number of nitrogen functional groups attached to an aromatic ring is 1. The lowest BCUT2D eigenvalue weighted by atomic mass is 10.1. The Morgan fingerprint density at radius 1 is 1.18 bits per heavy atom. The number of nitrogens with zero attached hydrogens (tertiary/aromatic N) is 3. The zero-order valence-electron chi connectivity index (χ0n) is 9.21. The number of thiazole rings is 1. The highest BCUT2D eigenvalue weighted by Gasteiger charge is 2.07. The van der Waals surface area contributed by atoms with E-state index in [-0.39, 0.29) is 0 Å². The van der Waals surface area contributed by atoms with Gasteiger partial charge in [-0.05, 0) is 12.0 Å². The van der Waals surface area contributed by atoms with E-state index < -0.39 is 0 Å². The zero-order chi connectivity index (χ0) is 11.7. The molecule has 0 aliphatic carbocycles. The van der Waals surface area contributed by atoms with E-state index in [1.807, 2.05) is 23.6 Å². The first-order valence-corrected chi connectivity index (χ1v) is 6.33. The van der Waals surface area contributed by atoms with E-state index in [0.717, 1.165) is 23.6 Å². The molecule has 4 nitrogen and oxygen atoms in total. The van der Waals surface area contributed by atoms with Crippen LogP contribution in [0.1, 0.15) is 11.4 Å². The monoisotopic (exact) mass is 244 g/mol. The Balaban J connectivity index is 1.77. The van der Waals surface area contributed by atoms with Crippen LogP contribution in [-0.2, 0) is 12.8 Å². The number of aryl methyl sites for hydroxylation is 2. The fraction of sp³-hybridized carbons (Fsp3) is 0.167. The van der Waals surface area contributed by atoms with Crippen LogP contribution in [0, 0.1) is 0 Å². The van der Waals surface area contributed by atoms with Gasteiger partial charge in [0.25, 0.3) is 0 Å². The number of aromatic nitrogens is 3. The molecule has 0 aliphatic heterocycles. The summed E-state index contributed by atoms with van der Waals surface area (Å²) in [6.07, 6.45) is 1.80. The number of anilines is 1. The minimum Gasteiger partial charge on any atom is -0.383 e. The molecule has 2 heterocycles. The van der Waals surface area contributed by atoms with Crippen molar-refractivity contribution in [2.45, 2.75) is 12.8 Å². The maximum absolute atomic E-state index is 5.77. The predicted molar refractivity (Wildman–Crippen MR) is 69.1 cm³/mol. The third-order valence-electron chi connectivity index (χ3n) is 2.63. The van der Waals surface area contributed by atoms with Gasteiger partial charge in [-0.3, -0.25) is 0 Å². The molecular weight excluding hydrogens is 232 g/mol. The van der Waals surface area contributed by atoms with Gasteiger partial charge in [-0.15, -0.1) is 16.4 Å². The lowest BCUT2D eigenvalue weighted by molar-refractivity contribution is 0.842. The lowest BCUT2D eigenvalue weighted by Gasteiger charge is -1.96. The summed E-state index contributed by atoms with van der Waals surface area (Å²) >= 11 is 1.52. The van der Waals surface area contributed by atoms with Crippen molar-refractivity contribution in [3.05, 3.63) is 47.1 Å². The van der Waals surface area contributed by atoms with Gasteiger partial charge >= 0.3 is 0 Å². The van der Waals surface area contributed by atoms with Crippen LogP contribution in [0.25, 0.3) is 4.96 Å². The number of nitrogens with two attached hydrogens (primary N) is 1. The molecule has 86 valence electrons. The van der Waals surface area contributed by atoms with Crippen LogP contribution in [0.4, 0.5) is 5.82 Å². The molecule has 0 radical (unpaired) electrons. The molecule has 0 amide bonds. The average molecular weight is 244 g/mol. The maximum atomic E-state index is 5.77. The molecule has 0 aliphatic rings. The molecule has 3 rings (SSSR count). The van der Waals surface area contributed by atoms with E-state index in [4.69, 9.17) is 5.73 Å². The SMILES string of the molecule is Nc1csc2nc(CCc3ccccc3)nn12. The Bertz CT molecular complexity index is 626. The van der Waals surface area contributed by atoms with E-state index in [0.29, 0.717) is 5.82 Å². The smallest absolute Gasteiger partial charge is 0.214 e. The summed E-state index contributed by atoms with van der Waals surface area (Å²) in [5, 5.41) is 6.24. The van der Waals surface area contributed by atoms with Crippen molar-refractivity contribution in [1.29, 1.82) is 0 Å². The summed E-state index contributed by atoms with van der Waals surface area (Å²) < 4.78 is 1.70. The third-order valence-corrected chi connectivity index (χ3v) is 3.47. The number of rotatable bonds is 3. The van der Waals surface area contributed by atoms with Crippen molar-refractivity contribution in [3.8, 4) is 0 Å². The summed E-state index contributed by atoms with van der Waals surface area (Å²) in [7, 11) is 0. The van der Waals surface area contributed by atoms with Crippen molar-refractivity contribution in [1.82, 2.24) is 14.6 Å². The molecule has 0 fully saturated rings. The molecule has 3 aromatic rings. The van der Waals surface area contributed by atoms with Gasteiger partial charge in [0.15, 0.2) is 5.82 Å². The van der Waals surface area contributed by atoms with Crippen LogP contribution >= 0.6 is 11.3 Å². The second-order valence-electron chi connectivity index (χ2n) is 3.87. The second kappa shape index (κ2) is 4.18. The van der Waals surface area contributed by atoms with Crippen LogP contribution in [0.15, 0.2) is 35.7 Å². The molecule has 0 saturated carbocycles. The molecule has 0 atom stereocenters. The second-order valence-corrected chi connectivity index (χ2v) is 4.71. The quantitative estimate of drug-likeness (QED) is 0.768. The van der Waals surface area contributed by atoms with Crippen LogP contribution in [0.5, 0.6) is 0 Å². The topological polar surface area (TPSA) is 56.2 Å². The van der Waals surface area contributed by atoms with Crippen LogP contribution < -0.4 is 5.73 Å². The van der Waals surface area contributed by atoms with Gasteiger partial charge in [0.2, 0.25) is 4.96 Å². The first-order valence-electron chi connectivity index (χ1n) is 5.45. The van der Waals surface area contributed by atoms with Gasteiger partial charge in [-0.25, -0.2) is 4.98 Å². The largest absolute Gasteiger partial charge is 0.383 e. The van der Waals surface area contributed by atoms with E-state index in [1.165, 1.54) is 16.9 Å². The highest BCUT2D eigenvalue weighted by Crippen LogP contribution is 2.16. The van der Waals surface area contributed by atoms with Crippen LogP contribution in [0.3, 0.4) is 0 Å². The maximum Gasteiger partial charge on any atom is 0.214 e. The Morgan fingerprint density at radius 2 is 2.00 bits per heavy atom. The van der Waals surface area contributed by atoms with Gasteiger partial charge in [0, 0.05) is 11.8 Å². The highest BCUT2D eigenvalue weighted by molar-refractivity contribution is 7.15. The Morgan fingerprint density at radius 3 is 2.76 bits per heavy atom. The van der Waals surface area contributed by atoms with Crippen molar-refractivity contribution >= 4 is 22.1 Å². The number of benzene rings is 1. The molecule has 17 heavy (non-hydrogen) atoms. The van der Waals surface area contributed by atoms with Gasteiger partial charge in [0.05, 0.1) is 0 Å². The number of hydrogen-bond donors (Lipinski definition) is 1. The standard InChI is InChI=1S/C12H12N4S/c13-10-8-17-12-14-11(15-16(10)12)7-6-9-4-2-1-3-5-9/h1-5,8H,6-7,13H2. The van der Waals surface area contributed by atoms with Crippen LogP contribution in [-0.4, -0.2) is 14.6 Å². The Hall–Kier alpha value is -1.88. The molecule has 2 N–H and O–H groups in total. The van der Waals surface area contributed by atoms with Gasteiger partial charge < -0.3 is 5.73 Å². The van der Waals surface area contributed by atoms with Crippen molar-refractivity contribution in [2.24, 2.45) is 0 Å².